The number of nitrogens with one attached hydrogen (secondary N) is 1. The van der Waals surface area contributed by atoms with Gasteiger partial charge in [-0.1, -0.05) is 18.2 Å². The highest BCUT2D eigenvalue weighted by Gasteiger charge is 2.21. The van der Waals surface area contributed by atoms with Gasteiger partial charge in [0.05, 0.1) is 0 Å². The first-order valence-corrected chi connectivity index (χ1v) is 12.3. The zero-order valence-electron chi connectivity index (χ0n) is 21.1. The van der Waals surface area contributed by atoms with Crippen LogP contribution in [0.15, 0.2) is 73.1 Å². The lowest BCUT2D eigenvalue weighted by Gasteiger charge is -2.35. The van der Waals surface area contributed by atoms with E-state index in [9.17, 15) is 0 Å². The molecule has 5 rings (SSSR count). The van der Waals surface area contributed by atoms with Crippen LogP contribution >= 0.6 is 0 Å². The van der Waals surface area contributed by atoms with Crippen molar-refractivity contribution in [2.45, 2.75) is 13.3 Å². The molecular formula is C28H32N8. The van der Waals surface area contributed by atoms with E-state index in [1.165, 1.54) is 11.1 Å². The highest BCUT2D eigenvalue weighted by molar-refractivity contribution is 5.63. The third kappa shape index (κ3) is 5.54. The Labute approximate surface area is 212 Å². The molecular weight excluding hydrogens is 448 g/mol. The molecule has 4 aromatic rings. The predicted molar refractivity (Wildman–Crippen MR) is 147 cm³/mol. The Balaban J connectivity index is 1.34. The van der Waals surface area contributed by atoms with Gasteiger partial charge in [-0.25, -0.2) is 4.98 Å². The molecule has 0 amide bonds. The van der Waals surface area contributed by atoms with Gasteiger partial charge in [-0.15, -0.1) is 0 Å². The van der Waals surface area contributed by atoms with Gasteiger partial charge in [0.1, 0.15) is 17.5 Å². The SMILES string of the molecule is Cc1ccc(Nc2cc(N(C)C)nc(N3CCN(c4ccccn4)CC3)n2)cc1Cc1ccccn1. The molecule has 1 aliphatic rings. The zero-order valence-corrected chi connectivity index (χ0v) is 21.1. The van der Waals surface area contributed by atoms with Gasteiger partial charge in [0.15, 0.2) is 0 Å². The van der Waals surface area contributed by atoms with Crippen LogP contribution in [0.1, 0.15) is 16.8 Å². The number of aryl methyl sites for hydroxylation is 1. The number of hydrogen-bond acceptors (Lipinski definition) is 8. The quantitative estimate of drug-likeness (QED) is 0.420. The molecule has 1 saturated heterocycles. The van der Waals surface area contributed by atoms with Gasteiger partial charge in [-0.3, -0.25) is 4.98 Å². The van der Waals surface area contributed by atoms with Crippen molar-refractivity contribution in [3.63, 3.8) is 0 Å². The maximum absolute atomic E-state index is 4.90. The van der Waals surface area contributed by atoms with Crippen molar-refractivity contribution in [2.24, 2.45) is 0 Å². The van der Waals surface area contributed by atoms with Gasteiger partial charge in [-0.2, -0.15) is 9.97 Å². The van der Waals surface area contributed by atoms with Crippen LogP contribution in [0.2, 0.25) is 0 Å². The molecule has 0 radical (unpaired) electrons. The molecule has 1 N–H and O–H groups in total. The van der Waals surface area contributed by atoms with Crippen molar-refractivity contribution >= 4 is 29.1 Å². The average molecular weight is 481 g/mol. The van der Waals surface area contributed by atoms with Gasteiger partial charge >= 0.3 is 0 Å². The monoisotopic (exact) mass is 480 g/mol. The van der Waals surface area contributed by atoms with Crippen molar-refractivity contribution in [1.82, 2.24) is 19.9 Å². The van der Waals surface area contributed by atoms with Crippen LogP contribution < -0.4 is 20.0 Å². The lowest BCUT2D eigenvalue weighted by Crippen LogP contribution is -2.47. The molecule has 0 bridgehead atoms. The van der Waals surface area contributed by atoms with Crippen LogP contribution in [0.3, 0.4) is 0 Å². The number of aromatic nitrogens is 4. The lowest BCUT2D eigenvalue weighted by atomic mass is 10.0. The minimum Gasteiger partial charge on any atom is -0.363 e. The molecule has 0 unspecified atom stereocenters. The minimum atomic E-state index is 0.741. The third-order valence-corrected chi connectivity index (χ3v) is 6.41. The second kappa shape index (κ2) is 10.6. The van der Waals surface area contributed by atoms with Crippen molar-refractivity contribution in [3.05, 3.63) is 89.9 Å². The van der Waals surface area contributed by atoms with E-state index < -0.39 is 0 Å². The largest absolute Gasteiger partial charge is 0.363 e. The Hall–Kier alpha value is -4.20. The van der Waals surface area contributed by atoms with E-state index in [-0.39, 0.29) is 0 Å². The van der Waals surface area contributed by atoms with Crippen molar-refractivity contribution < 1.29 is 0 Å². The Morgan fingerprint density at radius 3 is 2.28 bits per heavy atom. The van der Waals surface area contributed by atoms with Gasteiger partial charge in [0.25, 0.3) is 0 Å². The van der Waals surface area contributed by atoms with Crippen LogP contribution in [-0.2, 0) is 6.42 Å². The van der Waals surface area contributed by atoms with E-state index in [1.54, 1.807) is 0 Å². The highest BCUT2D eigenvalue weighted by Crippen LogP contribution is 2.25. The topological polar surface area (TPSA) is 73.3 Å². The smallest absolute Gasteiger partial charge is 0.229 e. The van der Waals surface area contributed by atoms with Crippen LogP contribution in [0.4, 0.5) is 29.1 Å². The number of nitrogens with zero attached hydrogens (tertiary/aromatic N) is 7. The number of benzene rings is 1. The molecule has 1 fully saturated rings. The fourth-order valence-corrected chi connectivity index (χ4v) is 4.32. The predicted octanol–water partition coefficient (Wildman–Crippen LogP) is 4.30. The molecule has 36 heavy (non-hydrogen) atoms. The third-order valence-electron chi connectivity index (χ3n) is 6.41. The summed E-state index contributed by atoms with van der Waals surface area (Å²) in [4.78, 5) is 25.3. The van der Waals surface area contributed by atoms with Crippen molar-refractivity contribution in [1.29, 1.82) is 0 Å². The van der Waals surface area contributed by atoms with E-state index in [0.29, 0.717) is 0 Å². The van der Waals surface area contributed by atoms with Crippen LogP contribution in [0.5, 0.6) is 0 Å². The summed E-state index contributed by atoms with van der Waals surface area (Å²) in [6, 6.07) is 20.5. The summed E-state index contributed by atoms with van der Waals surface area (Å²) in [7, 11) is 4.01. The summed E-state index contributed by atoms with van der Waals surface area (Å²) in [6.07, 6.45) is 4.48. The van der Waals surface area contributed by atoms with Gasteiger partial charge in [0.2, 0.25) is 5.95 Å². The van der Waals surface area contributed by atoms with Gasteiger partial charge in [-0.05, 0) is 54.4 Å². The summed E-state index contributed by atoms with van der Waals surface area (Å²) < 4.78 is 0. The number of piperazine rings is 1. The average Bonchev–Trinajstić information content (AvgIpc) is 2.91. The summed E-state index contributed by atoms with van der Waals surface area (Å²) in [6.45, 7) is 5.57. The number of pyridine rings is 2. The summed E-state index contributed by atoms with van der Waals surface area (Å²) in [5.74, 6) is 3.41. The number of anilines is 5. The molecule has 0 atom stereocenters. The molecule has 0 spiro atoms. The Bertz CT molecular complexity index is 1290. The van der Waals surface area contributed by atoms with E-state index in [1.807, 2.05) is 61.7 Å². The van der Waals surface area contributed by atoms with Crippen LogP contribution in [0, 0.1) is 6.92 Å². The molecule has 1 aliphatic heterocycles. The summed E-state index contributed by atoms with van der Waals surface area (Å²) >= 11 is 0. The van der Waals surface area contributed by atoms with E-state index in [4.69, 9.17) is 9.97 Å². The summed E-state index contributed by atoms with van der Waals surface area (Å²) in [5.41, 5.74) is 4.54. The highest BCUT2D eigenvalue weighted by atomic mass is 15.3. The molecule has 4 heterocycles. The van der Waals surface area contributed by atoms with E-state index in [0.717, 1.165) is 67.4 Å². The molecule has 184 valence electrons. The Morgan fingerprint density at radius 1 is 0.833 bits per heavy atom. The first kappa shape index (κ1) is 23.5. The molecule has 0 saturated carbocycles. The normalized spacial score (nSPS) is 13.5. The van der Waals surface area contributed by atoms with Crippen molar-refractivity contribution in [3.8, 4) is 0 Å². The molecule has 1 aromatic carbocycles. The summed E-state index contributed by atoms with van der Waals surface area (Å²) in [5, 5.41) is 3.52. The van der Waals surface area contributed by atoms with Crippen LogP contribution in [-0.4, -0.2) is 60.2 Å². The zero-order chi connectivity index (χ0) is 24.9. The molecule has 8 heteroatoms. The maximum Gasteiger partial charge on any atom is 0.229 e. The minimum absolute atomic E-state index is 0.741. The molecule has 0 aliphatic carbocycles. The van der Waals surface area contributed by atoms with Crippen molar-refractivity contribution in [2.75, 3.05) is 60.3 Å². The molecule has 3 aromatic heterocycles. The number of hydrogen-bond donors (Lipinski definition) is 1. The first-order valence-electron chi connectivity index (χ1n) is 12.3. The standard InChI is InChI=1S/C28H32N8/c1-21-10-11-24(19-22(21)18-23-8-4-6-12-29-23)31-25-20-27(34(2)3)33-28(32-25)36-16-14-35(15-17-36)26-9-5-7-13-30-26/h4-13,19-20H,14-18H2,1-3H3,(H,31,32,33). The first-order chi connectivity index (χ1) is 17.5. The Morgan fingerprint density at radius 2 is 1.58 bits per heavy atom. The van der Waals surface area contributed by atoms with E-state index in [2.05, 4.69) is 62.3 Å². The van der Waals surface area contributed by atoms with Gasteiger partial charge < -0.3 is 20.0 Å². The Kier molecular flexibility index (Phi) is 6.93. The second-order valence-corrected chi connectivity index (χ2v) is 9.23. The van der Waals surface area contributed by atoms with Gasteiger partial charge in [0, 0.05) is 76.5 Å². The second-order valence-electron chi connectivity index (χ2n) is 9.23. The van der Waals surface area contributed by atoms with E-state index >= 15 is 0 Å². The number of rotatable bonds is 7. The maximum atomic E-state index is 4.90. The fourth-order valence-electron chi connectivity index (χ4n) is 4.32. The fraction of sp³-hybridized carbons (Fsp3) is 0.286. The lowest BCUT2D eigenvalue weighted by molar-refractivity contribution is 0.635. The molecule has 8 nitrogen and oxygen atoms in total. The van der Waals surface area contributed by atoms with Crippen LogP contribution in [0.25, 0.3) is 0 Å².